The Balaban J connectivity index is 1.63. The number of para-hydroxylation sites is 3. The van der Waals surface area contributed by atoms with Crippen molar-refractivity contribution in [1.29, 1.82) is 0 Å². The summed E-state index contributed by atoms with van der Waals surface area (Å²) < 4.78 is 11.4. The van der Waals surface area contributed by atoms with Crippen LogP contribution in [0.5, 0.6) is 11.5 Å². The van der Waals surface area contributed by atoms with Crippen molar-refractivity contribution in [3.05, 3.63) is 54.1 Å². The Hall–Kier alpha value is -4.08. The predicted octanol–water partition coefficient (Wildman–Crippen LogP) is 4.23. The van der Waals surface area contributed by atoms with E-state index in [9.17, 15) is 19.2 Å². The fraction of sp³-hybridized carbons (Fsp3) is 0.484. The molecule has 1 atom stereocenters. The van der Waals surface area contributed by atoms with Gasteiger partial charge in [0.15, 0.2) is 12.4 Å². The van der Waals surface area contributed by atoms with Crippen LogP contribution in [-0.4, -0.2) is 54.5 Å². The number of hydrogen-bond acceptors (Lipinski definition) is 6. The molecule has 1 aliphatic rings. The molecule has 10 heteroatoms. The first kappa shape index (κ1) is 31.4. The van der Waals surface area contributed by atoms with E-state index in [0.29, 0.717) is 43.8 Å². The third-order valence-corrected chi connectivity index (χ3v) is 6.91. The molecule has 2 aromatic carbocycles. The van der Waals surface area contributed by atoms with Gasteiger partial charge in [-0.2, -0.15) is 0 Å². The summed E-state index contributed by atoms with van der Waals surface area (Å²) >= 11 is 0. The van der Waals surface area contributed by atoms with Gasteiger partial charge in [-0.05, 0) is 54.4 Å². The van der Waals surface area contributed by atoms with Gasteiger partial charge in [0.25, 0.3) is 5.91 Å². The lowest BCUT2D eigenvalue weighted by molar-refractivity contribution is -0.128. The third kappa shape index (κ3) is 9.23. The molecule has 3 rings (SSSR count). The van der Waals surface area contributed by atoms with E-state index in [4.69, 9.17) is 15.2 Å². The van der Waals surface area contributed by atoms with Crippen LogP contribution in [0, 0.1) is 11.8 Å². The number of anilines is 1. The quantitative estimate of drug-likeness (QED) is 0.393. The van der Waals surface area contributed by atoms with E-state index in [0.717, 1.165) is 5.56 Å². The first-order valence-electron chi connectivity index (χ1n) is 14.0. The van der Waals surface area contributed by atoms with Crippen LogP contribution in [0.2, 0.25) is 0 Å². The van der Waals surface area contributed by atoms with Gasteiger partial charge in [0.05, 0.1) is 5.69 Å². The molecule has 0 spiro atoms. The van der Waals surface area contributed by atoms with E-state index in [1.165, 1.54) is 4.90 Å². The Morgan fingerprint density at radius 1 is 0.976 bits per heavy atom. The van der Waals surface area contributed by atoms with Crippen molar-refractivity contribution in [3.8, 4) is 11.5 Å². The molecule has 1 saturated heterocycles. The maximum atomic E-state index is 13.3. The molecule has 2 aromatic rings. The van der Waals surface area contributed by atoms with Crippen molar-refractivity contribution >= 4 is 29.5 Å². The summed E-state index contributed by atoms with van der Waals surface area (Å²) in [6, 6.07) is 13.4. The summed E-state index contributed by atoms with van der Waals surface area (Å²) in [5.41, 5.74) is 6.50. The Morgan fingerprint density at radius 2 is 1.59 bits per heavy atom. The lowest BCUT2D eigenvalue weighted by Gasteiger charge is -2.30. The summed E-state index contributed by atoms with van der Waals surface area (Å²) in [6.07, 6.45) is 0.775. The first-order valence-corrected chi connectivity index (χ1v) is 14.0. The van der Waals surface area contributed by atoms with Gasteiger partial charge < -0.3 is 30.7 Å². The second-order valence-corrected chi connectivity index (χ2v) is 11.8. The number of ether oxygens (including phenoxy) is 2. The fourth-order valence-corrected chi connectivity index (χ4v) is 4.68. The summed E-state index contributed by atoms with van der Waals surface area (Å²) in [4.78, 5) is 51.9. The number of piperidine rings is 1. The Kier molecular flexibility index (Phi) is 10.7. The molecule has 4 N–H and O–H groups in total. The number of primary amides is 1. The zero-order valence-corrected chi connectivity index (χ0v) is 24.6. The minimum absolute atomic E-state index is 0.116. The maximum Gasteiger partial charge on any atom is 0.415 e. The van der Waals surface area contributed by atoms with Crippen LogP contribution in [0.1, 0.15) is 59.4 Å². The average molecular weight is 567 g/mol. The Bertz CT molecular complexity index is 1230. The molecule has 0 saturated carbocycles. The standard InChI is InChI=1S/C31H42N4O6/c1-20(2)18-24(33-27(36)19-40-25-12-8-6-10-22(25)31(3,4)5)29(38)34-23-11-7-9-13-26(23)41-30(39)35-16-14-21(15-17-35)28(32)37/h6-13,20-21,24H,14-19H2,1-5H3,(H2,32,37)(H,33,36)(H,34,38)/t24-/m0/s1. The van der Waals surface area contributed by atoms with Gasteiger partial charge in [-0.15, -0.1) is 0 Å². The van der Waals surface area contributed by atoms with Gasteiger partial charge in [0.1, 0.15) is 11.8 Å². The lowest BCUT2D eigenvalue weighted by atomic mass is 9.86. The number of nitrogens with zero attached hydrogens (tertiary/aromatic N) is 1. The number of nitrogens with two attached hydrogens (primary N) is 1. The smallest absolute Gasteiger partial charge is 0.415 e. The second kappa shape index (κ2) is 14.0. The number of nitrogens with one attached hydrogen (secondary N) is 2. The predicted molar refractivity (Wildman–Crippen MR) is 157 cm³/mol. The van der Waals surface area contributed by atoms with E-state index in [1.54, 1.807) is 24.3 Å². The molecule has 1 heterocycles. The normalized spacial score (nSPS) is 14.7. The number of carbonyl (C=O) groups is 4. The molecule has 1 aliphatic heterocycles. The number of hydrogen-bond donors (Lipinski definition) is 3. The molecular formula is C31H42N4O6. The van der Waals surface area contributed by atoms with E-state index in [-0.39, 0.29) is 35.5 Å². The van der Waals surface area contributed by atoms with E-state index < -0.39 is 23.9 Å². The molecule has 222 valence electrons. The van der Waals surface area contributed by atoms with Crippen LogP contribution in [0.15, 0.2) is 48.5 Å². The number of amides is 4. The zero-order valence-electron chi connectivity index (χ0n) is 24.6. The van der Waals surface area contributed by atoms with Crippen molar-refractivity contribution in [1.82, 2.24) is 10.2 Å². The highest BCUT2D eigenvalue weighted by atomic mass is 16.6. The van der Waals surface area contributed by atoms with Crippen LogP contribution < -0.4 is 25.8 Å². The molecule has 0 aliphatic carbocycles. The van der Waals surface area contributed by atoms with Crippen LogP contribution >= 0.6 is 0 Å². The first-order chi connectivity index (χ1) is 19.3. The molecule has 0 aromatic heterocycles. The molecule has 4 amide bonds. The summed E-state index contributed by atoms with van der Waals surface area (Å²) in [7, 11) is 0. The summed E-state index contributed by atoms with van der Waals surface area (Å²) in [6.45, 7) is 10.6. The fourth-order valence-electron chi connectivity index (χ4n) is 4.68. The topological polar surface area (TPSA) is 140 Å². The van der Waals surface area contributed by atoms with Gasteiger partial charge in [-0.25, -0.2) is 4.79 Å². The SMILES string of the molecule is CC(C)C[C@H](NC(=O)COc1ccccc1C(C)(C)C)C(=O)Nc1ccccc1OC(=O)N1CCC(C(N)=O)CC1. The van der Waals surface area contributed by atoms with Gasteiger partial charge in [-0.1, -0.05) is 65.0 Å². The van der Waals surface area contributed by atoms with Gasteiger partial charge in [0, 0.05) is 19.0 Å². The maximum absolute atomic E-state index is 13.3. The van der Waals surface area contributed by atoms with E-state index in [1.807, 2.05) is 38.1 Å². The Morgan fingerprint density at radius 3 is 2.20 bits per heavy atom. The van der Waals surface area contributed by atoms with Gasteiger partial charge >= 0.3 is 6.09 Å². The van der Waals surface area contributed by atoms with Crippen molar-refractivity contribution in [2.24, 2.45) is 17.6 Å². The molecule has 0 radical (unpaired) electrons. The monoisotopic (exact) mass is 566 g/mol. The summed E-state index contributed by atoms with van der Waals surface area (Å²) in [5, 5.41) is 5.60. The van der Waals surface area contributed by atoms with Crippen molar-refractivity contribution in [2.75, 3.05) is 25.0 Å². The van der Waals surface area contributed by atoms with Crippen LogP contribution in [0.3, 0.4) is 0 Å². The second-order valence-electron chi connectivity index (χ2n) is 11.8. The highest BCUT2D eigenvalue weighted by Crippen LogP contribution is 2.31. The van der Waals surface area contributed by atoms with Crippen molar-refractivity contribution in [3.63, 3.8) is 0 Å². The van der Waals surface area contributed by atoms with E-state index >= 15 is 0 Å². The molecule has 41 heavy (non-hydrogen) atoms. The number of rotatable bonds is 10. The third-order valence-electron chi connectivity index (χ3n) is 6.91. The molecule has 1 fully saturated rings. The van der Waals surface area contributed by atoms with Gasteiger partial charge in [-0.3, -0.25) is 14.4 Å². The molecule has 0 bridgehead atoms. The van der Waals surface area contributed by atoms with Crippen LogP contribution in [0.25, 0.3) is 0 Å². The highest BCUT2D eigenvalue weighted by Gasteiger charge is 2.28. The largest absolute Gasteiger partial charge is 0.483 e. The van der Waals surface area contributed by atoms with Crippen LogP contribution in [0.4, 0.5) is 10.5 Å². The highest BCUT2D eigenvalue weighted by molar-refractivity contribution is 5.98. The summed E-state index contributed by atoms with van der Waals surface area (Å²) in [5.74, 6) is -0.562. The average Bonchev–Trinajstić information content (AvgIpc) is 2.92. The van der Waals surface area contributed by atoms with Crippen molar-refractivity contribution in [2.45, 2.75) is 65.3 Å². The molecule has 0 unspecified atom stereocenters. The number of likely N-dealkylation sites (tertiary alicyclic amines) is 1. The molecule has 10 nitrogen and oxygen atoms in total. The Labute approximate surface area is 241 Å². The minimum atomic E-state index is -0.833. The minimum Gasteiger partial charge on any atom is -0.483 e. The lowest BCUT2D eigenvalue weighted by Crippen LogP contribution is -2.46. The molecular weight excluding hydrogens is 524 g/mol. The van der Waals surface area contributed by atoms with Crippen molar-refractivity contribution < 1.29 is 28.7 Å². The van der Waals surface area contributed by atoms with Gasteiger partial charge in [0.2, 0.25) is 11.8 Å². The number of carbonyl (C=O) groups excluding carboxylic acids is 4. The van der Waals surface area contributed by atoms with Crippen LogP contribution in [-0.2, 0) is 19.8 Å². The number of benzene rings is 2. The van der Waals surface area contributed by atoms with E-state index in [2.05, 4.69) is 31.4 Å². The zero-order chi connectivity index (χ0) is 30.2.